The third kappa shape index (κ3) is 3.00. The van der Waals surface area contributed by atoms with Crippen molar-refractivity contribution in [2.75, 3.05) is 0 Å². The van der Waals surface area contributed by atoms with Crippen LogP contribution in [-0.4, -0.2) is 11.1 Å². The molecule has 0 bridgehead atoms. The first-order chi connectivity index (χ1) is 7.41. The molecule has 2 atom stereocenters. The molecule has 0 amide bonds. The highest BCUT2D eigenvalue weighted by molar-refractivity contribution is 5.67. The lowest BCUT2D eigenvalue weighted by molar-refractivity contribution is -0.138. The van der Waals surface area contributed by atoms with Gasteiger partial charge in [0.2, 0.25) is 0 Å². The highest BCUT2D eigenvalue weighted by Crippen LogP contribution is 2.23. The zero-order valence-corrected chi connectivity index (χ0v) is 8.78. The van der Waals surface area contributed by atoms with E-state index in [0.29, 0.717) is 5.56 Å². The molecule has 1 rings (SSSR count). The van der Waals surface area contributed by atoms with Gasteiger partial charge in [0.05, 0.1) is 0 Å². The summed E-state index contributed by atoms with van der Waals surface area (Å²) in [6.07, 6.45) is -0.111. The minimum absolute atomic E-state index is 0.111. The molecule has 0 saturated carbocycles. The topological polar surface area (TPSA) is 63.3 Å². The van der Waals surface area contributed by atoms with Crippen LogP contribution in [0.5, 0.6) is 0 Å². The van der Waals surface area contributed by atoms with Crippen molar-refractivity contribution in [1.29, 1.82) is 0 Å². The molecule has 0 aromatic heterocycles. The van der Waals surface area contributed by atoms with Gasteiger partial charge in [0.1, 0.15) is 0 Å². The first kappa shape index (κ1) is 12.6. The summed E-state index contributed by atoms with van der Waals surface area (Å²) in [5, 5.41) is 8.59. The largest absolute Gasteiger partial charge is 0.481 e. The van der Waals surface area contributed by atoms with E-state index in [-0.39, 0.29) is 12.3 Å². The van der Waals surface area contributed by atoms with Gasteiger partial charge in [-0.1, -0.05) is 13.0 Å². The Hall–Kier alpha value is -1.49. The minimum Gasteiger partial charge on any atom is -0.481 e. The second-order valence-electron chi connectivity index (χ2n) is 3.77. The third-order valence-electron chi connectivity index (χ3n) is 2.44. The molecule has 1 aromatic carbocycles. The maximum atomic E-state index is 12.9. The first-order valence-corrected chi connectivity index (χ1v) is 4.84. The zero-order chi connectivity index (χ0) is 12.3. The van der Waals surface area contributed by atoms with Gasteiger partial charge in [0.15, 0.2) is 11.6 Å². The highest BCUT2D eigenvalue weighted by Gasteiger charge is 2.18. The van der Waals surface area contributed by atoms with Gasteiger partial charge in [0, 0.05) is 12.5 Å². The SMILES string of the molecule is CC(CC(=O)O)C(N)c1ccc(F)c(F)c1. The van der Waals surface area contributed by atoms with Crippen molar-refractivity contribution in [2.24, 2.45) is 11.7 Å². The number of carboxylic acid groups (broad SMARTS) is 1. The van der Waals surface area contributed by atoms with Gasteiger partial charge in [-0.3, -0.25) is 4.79 Å². The summed E-state index contributed by atoms with van der Waals surface area (Å²) >= 11 is 0. The van der Waals surface area contributed by atoms with Gasteiger partial charge >= 0.3 is 5.97 Å². The van der Waals surface area contributed by atoms with E-state index < -0.39 is 23.6 Å². The number of aliphatic carboxylic acids is 1. The molecule has 0 heterocycles. The first-order valence-electron chi connectivity index (χ1n) is 4.84. The Morgan fingerprint density at radius 1 is 1.44 bits per heavy atom. The lowest BCUT2D eigenvalue weighted by Gasteiger charge is -2.18. The van der Waals surface area contributed by atoms with Crippen molar-refractivity contribution in [2.45, 2.75) is 19.4 Å². The predicted octanol–water partition coefficient (Wildman–Crippen LogP) is 2.08. The van der Waals surface area contributed by atoms with Crippen LogP contribution in [0.25, 0.3) is 0 Å². The Kier molecular flexibility index (Phi) is 3.95. The predicted molar refractivity (Wildman–Crippen MR) is 54.7 cm³/mol. The van der Waals surface area contributed by atoms with E-state index in [1.165, 1.54) is 6.07 Å². The number of carbonyl (C=O) groups is 1. The number of nitrogens with two attached hydrogens (primary N) is 1. The van der Waals surface area contributed by atoms with E-state index in [2.05, 4.69) is 0 Å². The minimum atomic E-state index is -0.976. The van der Waals surface area contributed by atoms with Crippen molar-refractivity contribution in [3.05, 3.63) is 35.4 Å². The normalized spacial score (nSPS) is 14.5. The van der Waals surface area contributed by atoms with E-state index >= 15 is 0 Å². The molecule has 0 fully saturated rings. The van der Waals surface area contributed by atoms with Crippen LogP contribution in [0.4, 0.5) is 8.78 Å². The van der Waals surface area contributed by atoms with Crippen LogP contribution in [-0.2, 0) is 4.79 Å². The van der Waals surface area contributed by atoms with E-state index in [4.69, 9.17) is 10.8 Å². The average molecular weight is 229 g/mol. The van der Waals surface area contributed by atoms with Crippen molar-refractivity contribution in [3.8, 4) is 0 Å². The number of halogens is 2. The fourth-order valence-corrected chi connectivity index (χ4v) is 1.45. The van der Waals surface area contributed by atoms with Crippen LogP contribution in [0.1, 0.15) is 24.9 Å². The summed E-state index contributed by atoms with van der Waals surface area (Å²) in [5.74, 6) is -3.23. The summed E-state index contributed by atoms with van der Waals surface area (Å²) < 4.78 is 25.6. The van der Waals surface area contributed by atoms with Crippen molar-refractivity contribution >= 4 is 5.97 Å². The summed E-state index contributed by atoms with van der Waals surface area (Å²) in [7, 11) is 0. The number of carboxylic acids is 1. The Balaban J connectivity index is 2.83. The van der Waals surface area contributed by atoms with Gasteiger partial charge in [-0.05, 0) is 23.6 Å². The van der Waals surface area contributed by atoms with Crippen LogP contribution < -0.4 is 5.73 Å². The molecule has 1 aromatic rings. The van der Waals surface area contributed by atoms with Gasteiger partial charge in [-0.2, -0.15) is 0 Å². The number of benzene rings is 1. The molecule has 5 heteroatoms. The second kappa shape index (κ2) is 5.03. The molecule has 0 radical (unpaired) electrons. The molecule has 0 aliphatic carbocycles. The lowest BCUT2D eigenvalue weighted by atomic mass is 9.93. The Morgan fingerprint density at radius 2 is 2.06 bits per heavy atom. The summed E-state index contributed by atoms with van der Waals surface area (Å²) in [6, 6.07) is 2.73. The Bertz CT molecular complexity index is 396. The zero-order valence-electron chi connectivity index (χ0n) is 8.78. The van der Waals surface area contributed by atoms with Crippen LogP contribution >= 0.6 is 0 Å². The molecule has 3 N–H and O–H groups in total. The van der Waals surface area contributed by atoms with Gasteiger partial charge in [-0.25, -0.2) is 8.78 Å². The van der Waals surface area contributed by atoms with Crippen LogP contribution in [0, 0.1) is 17.6 Å². The molecule has 16 heavy (non-hydrogen) atoms. The molecule has 88 valence electrons. The van der Waals surface area contributed by atoms with Crippen molar-refractivity contribution in [3.63, 3.8) is 0 Å². The fourth-order valence-electron chi connectivity index (χ4n) is 1.45. The van der Waals surface area contributed by atoms with Gasteiger partial charge in [0.25, 0.3) is 0 Å². The molecular formula is C11H13F2NO2. The Labute approximate surface area is 91.9 Å². The van der Waals surface area contributed by atoms with Crippen molar-refractivity contribution < 1.29 is 18.7 Å². The molecule has 2 unspecified atom stereocenters. The second-order valence-corrected chi connectivity index (χ2v) is 3.77. The number of rotatable bonds is 4. The monoisotopic (exact) mass is 229 g/mol. The summed E-state index contributed by atoms with van der Waals surface area (Å²) in [6.45, 7) is 1.65. The van der Waals surface area contributed by atoms with E-state index in [1.807, 2.05) is 0 Å². The summed E-state index contributed by atoms with van der Waals surface area (Å²) in [4.78, 5) is 10.5. The van der Waals surface area contributed by atoms with Crippen LogP contribution in [0.3, 0.4) is 0 Å². The van der Waals surface area contributed by atoms with E-state index in [9.17, 15) is 13.6 Å². The standard InChI is InChI=1S/C11H13F2NO2/c1-6(4-10(15)16)11(14)7-2-3-8(12)9(13)5-7/h2-3,5-6,11H,4,14H2,1H3,(H,15,16). The molecule has 0 aliphatic rings. The highest BCUT2D eigenvalue weighted by atomic mass is 19.2. The molecule has 0 aliphatic heterocycles. The van der Waals surface area contributed by atoms with Crippen LogP contribution in [0.2, 0.25) is 0 Å². The van der Waals surface area contributed by atoms with E-state index in [0.717, 1.165) is 12.1 Å². The van der Waals surface area contributed by atoms with Crippen molar-refractivity contribution in [1.82, 2.24) is 0 Å². The molecule has 0 saturated heterocycles. The number of hydrogen-bond acceptors (Lipinski definition) is 2. The molecule has 3 nitrogen and oxygen atoms in total. The summed E-state index contributed by atoms with van der Waals surface area (Å²) in [5.41, 5.74) is 6.15. The molecule has 0 spiro atoms. The number of hydrogen-bond donors (Lipinski definition) is 2. The Morgan fingerprint density at radius 3 is 2.56 bits per heavy atom. The molecular weight excluding hydrogens is 216 g/mol. The smallest absolute Gasteiger partial charge is 0.303 e. The fraction of sp³-hybridized carbons (Fsp3) is 0.364. The lowest BCUT2D eigenvalue weighted by Crippen LogP contribution is -2.21. The third-order valence-corrected chi connectivity index (χ3v) is 2.44. The average Bonchev–Trinajstić information content (AvgIpc) is 2.20. The maximum absolute atomic E-state index is 12.9. The van der Waals surface area contributed by atoms with Gasteiger partial charge < -0.3 is 10.8 Å². The van der Waals surface area contributed by atoms with E-state index in [1.54, 1.807) is 6.92 Å². The van der Waals surface area contributed by atoms with Gasteiger partial charge in [-0.15, -0.1) is 0 Å². The maximum Gasteiger partial charge on any atom is 0.303 e. The quantitative estimate of drug-likeness (QED) is 0.830. The van der Waals surface area contributed by atoms with Crippen LogP contribution in [0.15, 0.2) is 18.2 Å².